The Bertz CT molecular complexity index is 106. The highest BCUT2D eigenvalue weighted by Crippen LogP contribution is 1.92. The molecule has 0 spiro atoms. The Kier molecular flexibility index (Phi) is 4.78. The topological polar surface area (TPSA) is 55.8 Å². The highest BCUT2D eigenvalue weighted by atomic mass is 19.1. The zero-order valence-corrected chi connectivity index (χ0v) is 5.54. The molecule has 0 aromatic carbocycles. The van der Waals surface area contributed by atoms with Gasteiger partial charge in [-0.1, -0.05) is 0 Å². The molecule has 1 atom stereocenters. The lowest BCUT2D eigenvalue weighted by molar-refractivity contribution is -0.160. The molecule has 0 aliphatic carbocycles. The second-order valence-corrected chi connectivity index (χ2v) is 1.55. The van der Waals surface area contributed by atoms with Crippen LogP contribution in [0.3, 0.4) is 0 Å². The molecule has 0 heterocycles. The Morgan fingerprint density at radius 1 is 1.80 bits per heavy atom. The first-order valence-electron chi connectivity index (χ1n) is 2.61. The van der Waals surface area contributed by atoms with Crippen LogP contribution < -0.4 is 0 Å². The van der Waals surface area contributed by atoms with E-state index >= 15 is 0 Å². The predicted octanol–water partition coefficient (Wildman–Crippen LogP) is 0.0296. The number of methoxy groups -OCH3 is 1. The summed E-state index contributed by atoms with van der Waals surface area (Å²) in [4.78, 5) is 10.0. The van der Waals surface area contributed by atoms with Gasteiger partial charge in [0.2, 0.25) is 0 Å². The smallest absolute Gasteiger partial charge is 0.335 e. The molecule has 0 saturated heterocycles. The highest BCUT2D eigenvalue weighted by molar-refractivity contribution is 5.72. The summed E-state index contributed by atoms with van der Waals surface area (Å²) in [6.07, 6.45) is -1.40. The fourth-order valence-corrected chi connectivity index (χ4v) is 0.332. The second kappa shape index (κ2) is 5.13. The number of carboxylic acids is 1. The SMILES string of the molecule is COCOC(CF)C(=O)O. The lowest BCUT2D eigenvalue weighted by Crippen LogP contribution is -2.26. The fraction of sp³-hybridized carbons (Fsp3) is 0.800. The Hall–Kier alpha value is -0.680. The van der Waals surface area contributed by atoms with Gasteiger partial charge in [0.25, 0.3) is 0 Å². The molecule has 0 saturated carbocycles. The Labute approximate surface area is 57.5 Å². The summed E-state index contributed by atoms with van der Waals surface area (Å²) in [6.45, 7) is -1.25. The van der Waals surface area contributed by atoms with Crippen LogP contribution in [0.4, 0.5) is 4.39 Å². The summed E-state index contributed by atoms with van der Waals surface area (Å²) in [7, 11) is 1.33. The molecule has 1 N–H and O–H groups in total. The number of hydrogen-bond acceptors (Lipinski definition) is 3. The number of rotatable bonds is 5. The van der Waals surface area contributed by atoms with Crippen LogP contribution in [0, 0.1) is 0 Å². The minimum atomic E-state index is -1.40. The standard InChI is InChI=1S/C5H9FO4/c1-9-3-10-4(2-6)5(7)8/h4H,2-3H2,1H3,(H,7,8). The van der Waals surface area contributed by atoms with E-state index in [9.17, 15) is 9.18 Å². The molecule has 0 bridgehead atoms. The number of ether oxygens (including phenoxy) is 2. The third-order valence-electron chi connectivity index (χ3n) is 0.803. The van der Waals surface area contributed by atoms with Gasteiger partial charge < -0.3 is 14.6 Å². The van der Waals surface area contributed by atoms with E-state index in [1.54, 1.807) is 0 Å². The van der Waals surface area contributed by atoms with E-state index in [1.165, 1.54) is 7.11 Å². The van der Waals surface area contributed by atoms with Crippen LogP contribution in [0.25, 0.3) is 0 Å². The zero-order valence-electron chi connectivity index (χ0n) is 5.54. The number of alkyl halides is 1. The Morgan fingerprint density at radius 3 is 2.70 bits per heavy atom. The van der Waals surface area contributed by atoms with Gasteiger partial charge in [0.15, 0.2) is 6.10 Å². The quantitative estimate of drug-likeness (QED) is 0.564. The molecule has 0 aliphatic rings. The first-order valence-corrected chi connectivity index (χ1v) is 2.61. The van der Waals surface area contributed by atoms with Gasteiger partial charge in [0.05, 0.1) is 0 Å². The average Bonchev–Trinajstić information content (AvgIpc) is 1.89. The van der Waals surface area contributed by atoms with Crippen molar-refractivity contribution in [2.75, 3.05) is 20.6 Å². The van der Waals surface area contributed by atoms with E-state index in [-0.39, 0.29) is 6.79 Å². The van der Waals surface area contributed by atoms with Gasteiger partial charge in [-0.15, -0.1) is 0 Å². The van der Waals surface area contributed by atoms with E-state index in [0.717, 1.165) is 0 Å². The maximum absolute atomic E-state index is 11.7. The molecule has 60 valence electrons. The lowest BCUT2D eigenvalue weighted by atomic mass is 10.4. The molecule has 0 aromatic heterocycles. The number of aliphatic carboxylic acids is 1. The van der Waals surface area contributed by atoms with Crippen LogP contribution in [-0.4, -0.2) is 37.8 Å². The number of hydrogen-bond donors (Lipinski definition) is 1. The number of carbonyl (C=O) groups is 1. The minimum Gasteiger partial charge on any atom is -0.479 e. The summed E-state index contributed by atoms with van der Waals surface area (Å²) >= 11 is 0. The van der Waals surface area contributed by atoms with Crippen LogP contribution in [0.15, 0.2) is 0 Å². The van der Waals surface area contributed by atoms with Crippen LogP contribution >= 0.6 is 0 Å². The van der Waals surface area contributed by atoms with Gasteiger partial charge >= 0.3 is 5.97 Å². The maximum Gasteiger partial charge on any atom is 0.335 e. The monoisotopic (exact) mass is 152 g/mol. The van der Waals surface area contributed by atoms with E-state index in [0.29, 0.717) is 0 Å². The van der Waals surface area contributed by atoms with Gasteiger partial charge in [-0.3, -0.25) is 0 Å². The molecule has 0 aromatic rings. The number of halogens is 1. The molecule has 5 heteroatoms. The van der Waals surface area contributed by atoms with Crippen molar-refractivity contribution in [3.63, 3.8) is 0 Å². The normalized spacial score (nSPS) is 13.0. The van der Waals surface area contributed by atoms with Crippen molar-refractivity contribution in [2.45, 2.75) is 6.10 Å². The maximum atomic E-state index is 11.7. The first kappa shape index (κ1) is 9.32. The van der Waals surface area contributed by atoms with Gasteiger partial charge in [-0.2, -0.15) is 0 Å². The largest absolute Gasteiger partial charge is 0.479 e. The second-order valence-electron chi connectivity index (χ2n) is 1.55. The van der Waals surface area contributed by atoms with Gasteiger partial charge in [-0.25, -0.2) is 9.18 Å². The molecule has 0 amide bonds. The van der Waals surface area contributed by atoms with Crippen molar-refractivity contribution >= 4 is 5.97 Å². The summed E-state index contributed by atoms with van der Waals surface area (Å²) in [5.41, 5.74) is 0. The van der Waals surface area contributed by atoms with Crippen molar-refractivity contribution < 1.29 is 23.8 Å². The summed E-state index contributed by atoms with van der Waals surface area (Å²) in [6, 6.07) is 0. The summed E-state index contributed by atoms with van der Waals surface area (Å²) in [5.74, 6) is -1.32. The van der Waals surface area contributed by atoms with Crippen molar-refractivity contribution in [3.05, 3.63) is 0 Å². The van der Waals surface area contributed by atoms with Crippen molar-refractivity contribution in [3.8, 4) is 0 Å². The van der Waals surface area contributed by atoms with E-state index in [4.69, 9.17) is 5.11 Å². The Morgan fingerprint density at radius 2 is 2.40 bits per heavy atom. The minimum absolute atomic E-state index is 0.207. The Balaban J connectivity index is 3.50. The summed E-state index contributed by atoms with van der Waals surface area (Å²) < 4.78 is 20.4. The molecule has 10 heavy (non-hydrogen) atoms. The van der Waals surface area contributed by atoms with Crippen molar-refractivity contribution in [1.29, 1.82) is 0 Å². The van der Waals surface area contributed by atoms with Crippen molar-refractivity contribution in [1.82, 2.24) is 0 Å². The average molecular weight is 152 g/mol. The zero-order chi connectivity index (χ0) is 7.98. The molecule has 1 unspecified atom stereocenters. The van der Waals surface area contributed by atoms with Gasteiger partial charge in [0.1, 0.15) is 13.5 Å². The molecule has 4 nitrogen and oxygen atoms in total. The first-order chi connectivity index (χ1) is 4.72. The van der Waals surface area contributed by atoms with Crippen LogP contribution in [-0.2, 0) is 14.3 Å². The van der Waals surface area contributed by atoms with Crippen molar-refractivity contribution in [2.24, 2.45) is 0 Å². The molecule has 0 radical (unpaired) electrons. The third kappa shape index (κ3) is 3.37. The molecule has 0 rings (SSSR count). The molecule has 0 aliphatic heterocycles. The molecule has 0 fully saturated rings. The van der Waals surface area contributed by atoms with E-state index in [1.807, 2.05) is 0 Å². The van der Waals surface area contributed by atoms with Gasteiger partial charge in [-0.05, 0) is 0 Å². The molecular weight excluding hydrogens is 143 g/mol. The van der Waals surface area contributed by atoms with Crippen LogP contribution in [0.1, 0.15) is 0 Å². The third-order valence-corrected chi connectivity index (χ3v) is 0.803. The molecular formula is C5H9FO4. The van der Waals surface area contributed by atoms with Crippen LogP contribution in [0.5, 0.6) is 0 Å². The number of carboxylic acid groups (broad SMARTS) is 1. The summed E-state index contributed by atoms with van der Waals surface area (Å²) in [5, 5.41) is 8.18. The van der Waals surface area contributed by atoms with Crippen LogP contribution in [0.2, 0.25) is 0 Å². The fourth-order valence-electron chi connectivity index (χ4n) is 0.332. The van der Waals surface area contributed by atoms with Gasteiger partial charge in [0, 0.05) is 7.11 Å². The van der Waals surface area contributed by atoms with E-state index in [2.05, 4.69) is 9.47 Å². The van der Waals surface area contributed by atoms with E-state index < -0.39 is 18.7 Å². The highest BCUT2D eigenvalue weighted by Gasteiger charge is 2.16. The predicted molar refractivity (Wildman–Crippen MR) is 30.4 cm³/mol. The lowest BCUT2D eigenvalue weighted by Gasteiger charge is -2.07.